The van der Waals surface area contributed by atoms with Crippen LogP contribution in [0.15, 0.2) is 30.3 Å². The molecule has 1 N–H and O–H groups in total. The lowest BCUT2D eigenvalue weighted by molar-refractivity contribution is -0.384. The number of nitro benzene ring substituents is 1. The highest BCUT2D eigenvalue weighted by molar-refractivity contribution is 7.15. The molecule has 112 valence electrons. The zero-order valence-corrected chi connectivity index (χ0v) is 12.2. The predicted molar refractivity (Wildman–Crippen MR) is 82.6 cm³/mol. The van der Waals surface area contributed by atoms with Gasteiger partial charge in [-0.2, -0.15) is 0 Å². The molecule has 1 aromatic carbocycles. The Morgan fingerprint density at radius 2 is 2.23 bits per heavy atom. The molecule has 8 heteroatoms. The summed E-state index contributed by atoms with van der Waals surface area (Å²) in [4.78, 5) is 22.0. The minimum Gasteiger partial charge on any atom is -0.297 e. The number of anilines is 1. The minimum atomic E-state index is -0.474. The van der Waals surface area contributed by atoms with E-state index in [9.17, 15) is 14.9 Å². The molecular formula is C14H12N4O3S. The maximum atomic E-state index is 11.8. The molecule has 1 aliphatic rings. The predicted octanol–water partition coefficient (Wildman–Crippen LogP) is 2.98. The summed E-state index contributed by atoms with van der Waals surface area (Å²) in [5.41, 5.74) is 0.570. The van der Waals surface area contributed by atoms with Crippen molar-refractivity contribution in [2.45, 2.75) is 18.8 Å². The highest BCUT2D eigenvalue weighted by Gasteiger charge is 2.27. The summed E-state index contributed by atoms with van der Waals surface area (Å²) in [6, 6.07) is 6.06. The standard InChI is InChI=1S/C14H12N4O3S/c19-12(15-14-17-16-13(22-14)10-5-6-10)7-4-9-2-1-3-11(8-9)18(20)21/h1-4,7-8,10H,5-6H2,(H,15,17,19)/b7-4+. The van der Waals surface area contributed by atoms with E-state index >= 15 is 0 Å². The second-order valence-corrected chi connectivity index (χ2v) is 5.90. The minimum absolute atomic E-state index is 0.0132. The molecule has 0 aliphatic heterocycles. The van der Waals surface area contributed by atoms with Crippen molar-refractivity contribution in [3.63, 3.8) is 0 Å². The van der Waals surface area contributed by atoms with Gasteiger partial charge in [-0.25, -0.2) is 0 Å². The second-order valence-electron chi connectivity index (χ2n) is 4.89. The van der Waals surface area contributed by atoms with Gasteiger partial charge in [-0.15, -0.1) is 10.2 Å². The number of nitro groups is 1. The lowest BCUT2D eigenvalue weighted by Gasteiger charge is -1.96. The smallest absolute Gasteiger partial charge is 0.270 e. The first-order valence-electron chi connectivity index (χ1n) is 6.69. The summed E-state index contributed by atoms with van der Waals surface area (Å²) in [6.07, 6.45) is 5.10. The van der Waals surface area contributed by atoms with E-state index in [1.807, 2.05) is 0 Å². The number of nitrogens with one attached hydrogen (secondary N) is 1. The van der Waals surface area contributed by atoms with E-state index in [0.717, 1.165) is 17.8 Å². The number of carbonyl (C=O) groups excluding carboxylic acids is 1. The summed E-state index contributed by atoms with van der Waals surface area (Å²) < 4.78 is 0. The van der Waals surface area contributed by atoms with Crippen molar-refractivity contribution < 1.29 is 9.72 Å². The van der Waals surface area contributed by atoms with Crippen molar-refractivity contribution in [3.8, 4) is 0 Å². The number of hydrogen-bond acceptors (Lipinski definition) is 6. The molecule has 0 atom stereocenters. The topological polar surface area (TPSA) is 98.0 Å². The third-order valence-corrected chi connectivity index (χ3v) is 4.11. The third kappa shape index (κ3) is 3.53. The Bertz CT molecular complexity index is 752. The first kappa shape index (κ1) is 14.3. The van der Waals surface area contributed by atoms with Gasteiger partial charge in [-0.3, -0.25) is 20.2 Å². The van der Waals surface area contributed by atoms with Crippen molar-refractivity contribution in [1.29, 1.82) is 0 Å². The molecule has 2 aromatic rings. The van der Waals surface area contributed by atoms with Crippen LogP contribution in [-0.4, -0.2) is 21.0 Å². The van der Waals surface area contributed by atoms with E-state index in [4.69, 9.17) is 0 Å². The summed E-state index contributed by atoms with van der Waals surface area (Å²) in [5.74, 6) is 0.161. The normalized spacial score (nSPS) is 14.2. The van der Waals surface area contributed by atoms with Gasteiger partial charge >= 0.3 is 0 Å². The number of amides is 1. The molecule has 1 fully saturated rings. The lowest BCUT2D eigenvalue weighted by Crippen LogP contribution is -2.07. The molecule has 22 heavy (non-hydrogen) atoms. The monoisotopic (exact) mass is 316 g/mol. The number of hydrogen-bond donors (Lipinski definition) is 1. The first-order chi connectivity index (χ1) is 10.6. The van der Waals surface area contributed by atoms with Gasteiger partial charge in [0.2, 0.25) is 11.0 Å². The molecular weight excluding hydrogens is 304 g/mol. The van der Waals surface area contributed by atoms with E-state index < -0.39 is 4.92 Å². The lowest BCUT2D eigenvalue weighted by atomic mass is 10.2. The fraction of sp³-hybridized carbons (Fsp3) is 0.214. The Balaban J connectivity index is 1.62. The van der Waals surface area contributed by atoms with Crippen LogP contribution in [0, 0.1) is 10.1 Å². The van der Waals surface area contributed by atoms with Crippen LogP contribution in [0.4, 0.5) is 10.8 Å². The SMILES string of the molecule is O=C(/C=C/c1cccc([N+](=O)[O-])c1)Nc1nnc(C2CC2)s1. The number of non-ortho nitro benzene ring substituents is 1. The van der Waals surface area contributed by atoms with Crippen LogP contribution in [0.5, 0.6) is 0 Å². The van der Waals surface area contributed by atoms with Crippen LogP contribution in [0.3, 0.4) is 0 Å². The molecule has 7 nitrogen and oxygen atoms in total. The number of benzene rings is 1. The highest BCUT2D eigenvalue weighted by atomic mass is 32.1. The van der Waals surface area contributed by atoms with Crippen LogP contribution in [0.2, 0.25) is 0 Å². The first-order valence-corrected chi connectivity index (χ1v) is 7.50. The fourth-order valence-corrected chi connectivity index (χ4v) is 2.76. The van der Waals surface area contributed by atoms with Crippen LogP contribution in [0.25, 0.3) is 6.08 Å². The molecule has 1 aromatic heterocycles. The van der Waals surface area contributed by atoms with Crippen LogP contribution in [0.1, 0.15) is 29.3 Å². The molecule has 0 saturated heterocycles. The largest absolute Gasteiger partial charge is 0.297 e. The summed E-state index contributed by atoms with van der Waals surface area (Å²) in [6.45, 7) is 0. The maximum absolute atomic E-state index is 11.8. The summed E-state index contributed by atoms with van der Waals surface area (Å²) in [5, 5.41) is 22.7. The summed E-state index contributed by atoms with van der Waals surface area (Å²) in [7, 11) is 0. The van der Waals surface area contributed by atoms with E-state index in [1.165, 1.54) is 35.6 Å². The maximum Gasteiger partial charge on any atom is 0.270 e. The Hall–Kier alpha value is -2.61. The number of aromatic nitrogens is 2. The second kappa shape index (κ2) is 6.02. The summed E-state index contributed by atoms with van der Waals surface area (Å²) >= 11 is 1.38. The van der Waals surface area contributed by atoms with Crippen LogP contribution in [-0.2, 0) is 4.79 Å². The molecule has 3 rings (SSSR count). The molecule has 0 bridgehead atoms. The average molecular weight is 316 g/mol. The van der Waals surface area contributed by atoms with Crippen molar-refractivity contribution in [1.82, 2.24) is 10.2 Å². The number of nitrogens with zero attached hydrogens (tertiary/aromatic N) is 3. The fourth-order valence-electron chi connectivity index (χ4n) is 1.84. The zero-order valence-electron chi connectivity index (χ0n) is 11.4. The average Bonchev–Trinajstić information content (AvgIpc) is 3.26. The van der Waals surface area contributed by atoms with Crippen LogP contribution >= 0.6 is 11.3 Å². The van der Waals surface area contributed by atoms with E-state index in [1.54, 1.807) is 12.1 Å². The molecule has 0 radical (unpaired) electrons. The van der Waals surface area contributed by atoms with E-state index in [2.05, 4.69) is 15.5 Å². The van der Waals surface area contributed by atoms with Crippen molar-refractivity contribution >= 4 is 34.1 Å². The Morgan fingerprint density at radius 3 is 2.95 bits per heavy atom. The van der Waals surface area contributed by atoms with E-state index in [0.29, 0.717) is 16.6 Å². The Morgan fingerprint density at radius 1 is 1.41 bits per heavy atom. The number of carbonyl (C=O) groups is 1. The van der Waals surface area contributed by atoms with Gasteiger partial charge in [0, 0.05) is 24.1 Å². The third-order valence-electron chi connectivity index (χ3n) is 3.11. The van der Waals surface area contributed by atoms with Gasteiger partial charge in [-0.1, -0.05) is 23.5 Å². The van der Waals surface area contributed by atoms with Gasteiger partial charge in [0.1, 0.15) is 5.01 Å². The van der Waals surface area contributed by atoms with Gasteiger partial charge < -0.3 is 0 Å². The van der Waals surface area contributed by atoms with Crippen molar-refractivity contribution in [3.05, 3.63) is 51.0 Å². The number of rotatable bonds is 5. The van der Waals surface area contributed by atoms with Gasteiger partial charge in [0.05, 0.1) is 4.92 Å². The zero-order chi connectivity index (χ0) is 15.5. The quantitative estimate of drug-likeness (QED) is 0.519. The molecule has 0 unspecified atom stereocenters. The van der Waals surface area contributed by atoms with E-state index in [-0.39, 0.29) is 11.6 Å². The Labute approximate surface area is 129 Å². The molecule has 1 aliphatic carbocycles. The van der Waals surface area contributed by atoms with Crippen molar-refractivity contribution in [2.24, 2.45) is 0 Å². The Kier molecular flexibility index (Phi) is 3.92. The molecule has 1 amide bonds. The van der Waals surface area contributed by atoms with Gasteiger partial charge in [0.15, 0.2) is 0 Å². The van der Waals surface area contributed by atoms with Gasteiger partial charge in [0.25, 0.3) is 5.69 Å². The van der Waals surface area contributed by atoms with Gasteiger partial charge in [-0.05, 0) is 24.5 Å². The molecule has 1 saturated carbocycles. The van der Waals surface area contributed by atoms with Crippen molar-refractivity contribution in [2.75, 3.05) is 5.32 Å². The highest BCUT2D eigenvalue weighted by Crippen LogP contribution is 2.41. The molecule has 0 spiro atoms. The molecule has 1 heterocycles. The van der Waals surface area contributed by atoms with Crippen LogP contribution < -0.4 is 5.32 Å².